The van der Waals surface area contributed by atoms with Crippen LogP contribution in [0.2, 0.25) is 0 Å². The van der Waals surface area contributed by atoms with Gasteiger partial charge in [-0.1, -0.05) is 0 Å². The largest absolute Gasteiger partial charge is 0.550 e. The molecule has 2 rings (SSSR count). The number of hydrogen-bond donors (Lipinski definition) is 1. The Labute approximate surface area is 105 Å². The molecule has 0 saturated heterocycles. The van der Waals surface area contributed by atoms with Crippen LogP contribution in [-0.2, 0) is 11.3 Å². The highest BCUT2D eigenvalue weighted by molar-refractivity contribution is 9.10. The third-order valence-corrected chi connectivity index (χ3v) is 2.88. The van der Waals surface area contributed by atoms with E-state index in [-0.39, 0.29) is 6.42 Å². The standard InChI is InChI=1S/C9H10BrN5O2/c10-9-14-6-7(11)12-4-13-8(6)15(9)3-1-2-5(16)17/h4H,1-3H2,(H,16,17)(H2,11,12,13)/p-1. The number of imidazole rings is 1. The first kappa shape index (κ1) is 11.8. The SMILES string of the molecule is Nc1ncnc2c1nc(Br)n2CCCC(=O)[O-]. The fraction of sp³-hybridized carbons (Fsp3) is 0.333. The smallest absolute Gasteiger partial charge is 0.179 e. The van der Waals surface area contributed by atoms with Gasteiger partial charge in [0.25, 0.3) is 0 Å². The van der Waals surface area contributed by atoms with Crippen molar-refractivity contribution in [3.8, 4) is 0 Å². The molecular formula is C9H9BrN5O2-. The van der Waals surface area contributed by atoms with Crippen LogP contribution < -0.4 is 10.8 Å². The molecule has 0 bridgehead atoms. The minimum Gasteiger partial charge on any atom is -0.550 e. The van der Waals surface area contributed by atoms with Crippen molar-refractivity contribution in [2.75, 3.05) is 5.73 Å². The normalized spacial score (nSPS) is 10.9. The molecule has 0 radical (unpaired) electrons. The molecule has 0 atom stereocenters. The van der Waals surface area contributed by atoms with Crippen LogP contribution >= 0.6 is 15.9 Å². The predicted octanol–water partition coefficient (Wildman–Crippen LogP) is -0.299. The number of nitrogen functional groups attached to an aromatic ring is 1. The third kappa shape index (κ3) is 2.36. The van der Waals surface area contributed by atoms with Crippen molar-refractivity contribution in [2.45, 2.75) is 19.4 Å². The van der Waals surface area contributed by atoms with E-state index in [1.54, 1.807) is 4.57 Å². The van der Waals surface area contributed by atoms with Gasteiger partial charge in [-0.2, -0.15) is 0 Å². The van der Waals surface area contributed by atoms with Crippen molar-refractivity contribution in [3.63, 3.8) is 0 Å². The summed E-state index contributed by atoms with van der Waals surface area (Å²) in [4.78, 5) is 22.4. The van der Waals surface area contributed by atoms with Crippen molar-refractivity contribution in [2.24, 2.45) is 0 Å². The summed E-state index contributed by atoms with van der Waals surface area (Å²) in [5, 5.41) is 10.3. The second-order valence-electron chi connectivity index (χ2n) is 3.44. The number of halogens is 1. The number of carbonyl (C=O) groups excluding carboxylic acids is 1. The van der Waals surface area contributed by atoms with Crippen molar-refractivity contribution in [3.05, 3.63) is 11.1 Å². The highest BCUT2D eigenvalue weighted by Gasteiger charge is 2.12. The van der Waals surface area contributed by atoms with E-state index >= 15 is 0 Å². The van der Waals surface area contributed by atoms with Gasteiger partial charge < -0.3 is 20.2 Å². The highest BCUT2D eigenvalue weighted by Crippen LogP contribution is 2.21. The second kappa shape index (κ2) is 4.66. The van der Waals surface area contributed by atoms with Crippen LogP contribution in [-0.4, -0.2) is 25.5 Å². The lowest BCUT2D eigenvalue weighted by Crippen LogP contribution is -2.22. The lowest BCUT2D eigenvalue weighted by molar-refractivity contribution is -0.305. The highest BCUT2D eigenvalue weighted by atomic mass is 79.9. The van der Waals surface area contributed by atoms with Gasteiger partial charge in [0, 0.05) is 12.5 Å². The van der Waals surface area contributed by atoms with Crippen LogP contribution in [0.25, 0.3) is 11.2 Å². The van der Waals surface area contributed by atoms with Crippen molar-refractivity contribution >= 4 is 38.9 Å². The first-order chi connectivity index (χ1) is 8.09. The molecule has 2 N–H and O–H groups in total. The zero-order valence-corrected chi connectivity index (χ0v) is 10.3. The molecule has 0 aromatic carbocycles. The molecule has 0 amide bonds. The molecule has 17 heavy (non-hydrogen) atoms. The molecule has 7 nitrogen and oxygen atoms in total. The summed E-state index contributed by atoms with van der Waals surface area (Å²) < 4.78 is 2.30. The summed E-state index contributed by atoms with van der Waals surface area (Å²) in [6.07, 6.45) is 1.78. The van der Waals surface area contributed by atoms with Crippen LogP contribution in [0.15, 0.2) is 11.1 Å². The number of hydrogen-bond acceptors (Lipinski definition) is 6. The number of aromatic nitrogens is 4. The lowest BCUT2D eigenvalue weighted by atomic mass is 10.3. The number of anilines is 1. The first-order valence-corrected chi connectivity index (χ1v) is 5.71. The van der Waals surface area contributed by atoms with Gasteiger partial charge in [-0.05, 0) is 28.8 Å². The quantitative estimate of drug-likeness (QED) is 0.776. The average molecular weight is 299 g/mol. The zero-order chi connectivity index (χ0) is 12.4. The second-order valence-corrected chi connectivity index (χ2v) is 4.15. The van der Waals surface area contributed by atoms with Gasteiger partial charge in [-0.3, -0.25) is 0 Å². The number of fused-ring (bicyclic) bond motifs is 1. The minimum absolute atomic E-state index is 0.00726. The average Bonchev–Trinajstić information content (AvgIpc) is 2.57. The summed E-state index contributed by atoms with van der Waals surface area (Å²) in [7, 11) is 0. The fourth-order valence-corrected chi connectivity index (χ4v) is 2.03. The van der Waals surface area contributed by atoms with Gasteiger partial charge >= 0.3 is 0 Å². The van der Waals surface area contributed by atoms with E-state index in [2.05, 4.69) is 30.9 Å². The molecule has 90 valence electrons. The Hall–Kier alpha value is -1.70. The topological polar surface area (TPSA) is 110 Å². The van der Waals surface area contributed by atoms with Crippen LogP contribution in [0.5, 0.6) is 0 Å². The number of carbonyl (C=O) groups is 1. The van der Waals surface area contributed by atoms with Crippen LogP contribution in [0.3, 0.4) is 0 Å². The molecule has 0 saturated carbocycles. The molecule has 0 aliphatic rings. The minimum atomic E-state index is -1.07. The Morgan fingerprint density at radius 2 is 2.29 bits per heavy atom. The van der Waals surface area contributed by atoms with E-state index in [0.717, 1.165) is 0 Å². The van der Waals surface area contributed by atoms with E-state index in [1.165, 1.54) is 6.33 Å². The van der Waals surface area contributed by atoms with E-state index in [4.69, 9.17) is 5.73 Å². The van der Waals surface area contributed by atoms with Crippen molar-refractivity contribution in [1.82, 2.24) is 19.5 Å². The Morgan fingerprint density at radius 3 is 3.00 bits per heavy atom. The number of rotatable bonds is 4. The molecule has 8 heteroatoms. The maximum absolute atomic E-state index is 10.3. The van der Waals surface area contributed by atoms with Crippen LogP contribution in [0, 0.1) is 0 Å². The Kier molecular flexibility index (Phi) is 3.23. The zero-order valence-electron chi connectivity index (χ0n) is 8.76. The summed E-state index contributed by atoms with van der Waals surface area (Å²) >= 11 is 3.28. The molecule has 2 heterocycles. The maximum Gasteiger partial charge on any atom is 0.179 e. The number of nitrogens with zero attached hydrogens (tertiary/aromatic N) is 4. The molecule has 2 aromatic rings. The van der Waals surface area contributed by atoms with E-state index in [0.29, 0.717) is 34.7 Å². The predicted molar refractivity (Wildman–Crippen MR) is 61.7 cm³/mol. The molecular weight excluding hydrogens is 290 g/mol. The van der Waals surface area contributed by atoms with Crippen LogP contribution in [0.4, 0.5) is 5.82 Å². The molecule has 0 spiro atoms. The van der Waals surface area contributed by atoms with Gasteiger partial charge in [0.1, 0.15) is 6.33 Å². The first-order valence-electron chi connectivity index (χ1n) is 4.91. The summed E-state index contributed by atoms with van der Waals surface area (Å²) in [6.45, 7) is 0.474. The van der Waals surface area contributed by atoms with Crippen molar-refractivity contribution in [1.29, 1.82) is 0 Å². The van der Waals surface area contributed by atoms with Gasteiger partial charge in [0.2, 0.25) is 0 Å². The Morgan fingerprint density at radius 1 is 1.53 bits per heavy atom. The summed E-state index contributed by atoms with van der Waals surface area (Å²) in [5.74, 6) is -0.769. The summed E-state index contributed by atoms with van der Waals surface area (Å²) in [5.41, 5.74) is 6.76. The molecule has 0 unspecified atom stereocenters. The fourth-order valence-electron chi connectivity index (χ4n) is 1.51. The van der Waals surface area contributed by atoms with Gasteiger partial charge in [0.05, 0.1) is 0 Å². The third-order valence-electron chi connectivity index (χ3n) is 2.28. The summed E-state index contributed by atoms with van der Waals surface area (Å²) in [6, 6.07) is 0. The number of nitrogens with two attached hydrogens (primary N) is 1. The van der Waals surface area contributed by atoms with Gasteiger partial charge in [-0.25, -0.2) is 15.0 Å². The molecule has 0 aliphatic heterocycles. The molecule has 2 aromatic heterocycles. The van der Waals surface area contributed by atoms with Crippen LogP contribution in [0.1, 0.15) is 12.8 Å². The monoisotopic (exact) mass is 298 g/mol. The van der Waals surface area contributed by atoms with E-state index < -0.39 is 5.97 Å². The Balaban J connectivity index is 2.30. The number of carboxylic acids is 1. The lowest BCUT2D eigenvalue weighted by Gasteiger charge is -2.05. The van der Waals surface area contributed by atoms with E-state index in [9.17, 15) is 9.90 Å². The molecule has 0 aliphatic carbocycles. The van der Waals surface area contributed by atoms with E-state index in [1.807, 2.05) is 0 Å². The van der Waals surface area contributed by atoms with Gasteiger partial charge in [0.15, 0.2) is 21.7 Å². The Bertz CT molecular complexity index is 568. The number of aliphatic carboxylic acids is 1. The molecule has 0 fully saturated rings. The maximum atomic E-state index is 10.3. The van der Waals surface area contributed by atoms with Gasteiger partial charge in [-0.15, -0.1) is 0 Å². The van der Waals surface area contributed by atoms with Crippen molar-refractivity contribution < 1.29 is 9.90 Å². The number of aryl methyl sites for hydroxylation is 1. The number of carboxylic acid groups (broad SMARTS) is 1.